The predicted octanol–water partition coefficient (Wildman–Crippen LogP) is 1.61. The monoisotopic (exact) mass is 317 g/mol. The average Bonchev–Trinajstić information content (AvgIpc) is 2.99. The fourth-order valence-electron chi connectivity index (χ4n) is 2.29. The van der Waals surface area contributed by atoms with Gasteiger partial charge in [-0.1, -0.05) is 12.1 Å². The van der Waals surface area contributed by atoms with Crippen LogP contribution in [0.15, 0.2) is 42.6 Å². The molecule has 0 aliphatic rings. The summed E-state index contributed by atoms with van der Waals surface area (Å²) in [5.74, 6) is 0.814. The van der Waals surface area contributed by atoms with Crippen LogP contribution in [0.5, 0.6) is 5.75 Å². The summed E-state index contributed by atoms with van der Waals surface area (Å²) in [7, 11) is 3.48. The lowest BCUT2D eigenvalue weighted by molar-refractivity contribution is 0.166. The van der Waals surface area contributed by atoms with Gasteiger partial charge < -0.3 is 25.0 Å². The van der Waals surface area contributed by atoms with Crippen LogP contribution in [0, 0.1) is 0 Å². The number of ether oxygens (including phenoxy) is 1. The topological polar surface area (TPSA) is 75.5 Å². The van der Waals surface area contributed by atoms with E-state index < -0.39 is 6.10 Å². The van der Waals surface area contributed by atoms with E-state index in [0.29, 0.717) is 6.54 Å². The Bertz CT molecular complexity index is 622. The quantitative estimate of drug-likeness (QED) is 0.726. The first-order valence-corrected chi connectivity index (χ1v) is 7.54. The lowest BCUT2D eigenvalue weighted by Crippen LogP contribution is -2.38. The van der Waals surface area contributed by atoms with Gasteiger partial charge in [0.15, 0.2) is 0 Å². The van der Waals surface area contributed by atoms with E-state index in [1.165, 1.54) is 0 Å². The lowest BCUT2D eigenvalue weighted by Gasteiger charge is -2.13. The Labute approximate surface area is 136 Å². The van der Waals surface area contributed by atoms with E-state index in [1.54, 1.807) is 7.11 Å². The third kappa shape index (κ3) is 5.03. The molecule has 6 heteroatoms. The first-order chi connectivity index (χ1) is 11.1. The molecule has 0 spiro atoms. The van der Waals surface area contributed by atoms with Gasteiger partial charge in [0, 0.05) is 25.5 Å². The lowest BCUT2D eigenvalue weighted by atomic mass is 10.1. The first kappa shape index (κ1) is 16.9. The second-order valence-corrected chi connectivity index (χ2v) is 5.29. The van der Waals surface area contributed by atoms with Gasteiger partial charge in [-0.3, -0.25) is 0 Å². The predicted molar refractivity (Wildman–Crippen MR) is 88.5 cm³/mol. The number of urea groups is 1. The molecule has 1 aromatic heterocycles. The van der Waals surface area contributed by atoms with Gasteiger partial charge in [-0.05, 0) is 36.2 Å². The van der Waals surface area contributed by atoms with E-state index >= 15 is 0 Å². The average molecular weight is 317 g/mol. The number of carbonyl (C=O) groups is 1. The molecule has 3 N–H and O–H groups in total. The maximum Gasteiger partial charge on any atom is 0.314 e. The highest BCUT2D eigenvalue weighted by molar-refractivity contribution is 5.73. The Hall–Kier alpha value is -2.47. The largest absolute Gasteiger partial charge is 0.497 e. The van der Waals surface area contributed by atoms with Crippen molar-refractivity contribution in [2.24, 2.45) is 7.05 Å². The number of rotatable bonds is 7. The minimum Gasteiger partial charge on any atom is -0.497 e. The van der Waals surface area contributed by atoms with E-state index in [4.69, 9.17) is 4.74 Å². The van der Waals surface area contributed by atoms with Crippen molar-refractivity contribution in [2.75, 3.05) is 20.2 Å². The number of aliphatic hydroxyl groups excluding tert-OH is 1. The number of hydrogen-bond acceptors (Lipinski definition) is 3. The molecular weight excluding hydrogens is 294 g/mol. The number of aryl methyl sites for hydroxylation is 1. The normalized spacial score (nSPS) is 11.8. The maximum atomic E-state index is 11.7. The summed E-state index contributed by atoms with van der Waals surface area (Å²) >= 11 is 0. The number of methoxy groups -OCH3 is 1. The number of nitrogens with one attached hydrogen (secondary N) is 2. The molecule has 1 heterocycles. The van der Waals surface area contributed by atoms with Crippen molar-refractivity contribution in [3.05, 3.63) is 53.9 Å². The van der Waals surface area contributed by atoms with Crippen LogP contribution in [0.4, 0.5) is 4.79 Å². The van der Waals surface area contributed by atoms with Crippen molar-refractivity contribution < 1.29 is 14.6 Å². The standard InChI is InChI=1S/C17H23N3O3/c1-20-11-3-4-15(20)16(21)12-19-17(22)18-10-9-13-5-7-14(23-2)8-6-13/h3-8,11,16,21H,9-10,12H2,1-2H3,(H2,18,19,22)/t16-/m0/s1. The highest BCUT2D eigenvalue weighted by Gasteiger charge is 2.11. The summed E-state index contributed by atoms with van der Waals surface area (Å²) in [6.07, 6.45) is 1.87. The van der Waals surface area contributed by atoms with Crippen molar-refractivity contribution in [2.45, 2.75) is 12.5 Å². The zero-order valence-corrected chi connectivity index (χ0v) is 13.5. The van der Waals surface area contributed by atoms with Crippen LogP contribution in [0.25, 0.3) is 0 Å². The first-order valence-electron chi connectivity index (χ1n) is 7.54. The van der Waals surface area contributed by atoms with Gasteiger partial charge in [0.05, 0.1) is 13.7 Å². The number of hydrogen-bond donors (Lipinski definition) is 3. The van der Waals surface area contributed by atoms with Crippen molar-refractivity contribution in [1.29, 1.82) is 0 Å². The van der Waals surface area contributed by atoms with Gasteiger partial charge in [0.1, 0.15) is 11.9 Å². The molecule has 0 unspecified atom stereocenters. The molecule has 0 fully saturated rings. The summed E-state index contributed by atoms with van der Waals surface area (Å²) < 4.78 is 6.93. The number of aliphatic hydroxyl groups is 1. The highest BCUT2D eigenvalue weighted by atomic mass is 16.5. The van der Waals surface area contributed by atoms with Gasteiger partial charge in [0.2, 0.25) is 0 Å². The van der Waals surface area contributed by atoms with Crippen LogP contribution in [0.1, 0.15) is 17.4 Å². The molecule has 23 heavy (non-hydrogen) atoms. The molecule has 0 aliphatic carbocycles. The van der Waals surface area contributed by atoms with E-state index in [2.05, 4.69) is 10.6 Å². The van der Waals surface area contributed by atoms with Crippen molar-refractivity contribution in [1.82, 2.24) is 15.2 Å². The van der Waals surface area contributed by atoms with Gasteiger partial charge in [0.25, 0.3) is 0 Å². The zero-order valence-electron chi connectivity index (χ0n) is 13.5. The molecule has 0 saturated carbocycles. The molecule has 6 nitrogen and oxygen atoms in total. The molecule has 0 aliphatic heterocycles. The van der Waals surface area contributed by atoms with Crippen LogP contribution in [0.2, 0.25) is 0 Å². The van der Waals surface area contributed by atoms with Crippen LogP contribution >= 0.6 is 0 Å². The fraction of sp³-hybridized carbons (Fsp3) is 0.353. The molecule has 1 aromatic carbocycles. The smallest absolute Gasteiger partial charge is 0.314 e. The van der Waals surface area contributed by atoms with Gasteiger partial charge in [-0.2, -0.15) is 0 Å². The summed E-state index contributed by atoms with van der Waals surface area (Å²) in [4.78, 5) is 11.7. The van der Waals surface area contributed by atoms with Crippen molar-refractivity contribution >= 4 is 6.03 Å². The van der Waals surface area contributed by atoms with Crippen molar-refractivity contribution in [3.8, 4) is 5.75 Å². The van der Waals surface area contributed by atoms with Gasteiger partial charge >= 0.3 is 6.03 Å². The molecule has 0 saturated heterocycles. The highest BCUT2D eigenvalue weighted by Crippen LogP contribution is 2.12. The minimum absolute atomic E-state index is 0.173. The Morgan fingerprint density at radius 2 is 2.00 bits per heavy atom. The molecule has 2 aromatic rings. The number of nitrogens with zero attached hydrogens (tertiary/aromatic N) is 1. The summed E-state index contributed by atoms with van der Waals surface area (Å²) in [5.41, 5.74) is 1.89. The molecule has 1 atom stereocenters. The number of benzene rings is 1. The number of aromatic nitrogens is 1. The molecule has 2 rings (SSSR count). The van der Waals surface area contributed by atoms with E-state index in [0.717, 1.165) is 23.4 Å². The van der Waals surface area contributed by atoms with Crippen LogP contribution < -0.4 is 15.4 Å². The minimum atomic E-state index is -0.720. The molecule has 2 amide bonds. The third-order valence-electron chi connectivity index (χ3n) is 3.64. The van der Waals surface area contributed by atoms with Crippen LogP contribution in [-0.2, 0) is 13.5 Å². The Morgan fingerprint density at radius 1 is 1.26 bits per heavy atom. The fourth-order valence-corrected chi connectivity index (χ4v) is 2.29. The van der Waals surface area contributed by atoms with E-state index in [9.17, 15) is 9.90 Å². The second-order valence-electron chi connectivity index (χ2n) is 5.29. The Morgan fingerprint density at radius 3 is 2.61 bits per heavy atom. The van der Waals surface area contributed by atoms with Gasteiger partial charge in [-0.25, -0.2) is 4.79 Å². The third-order valence-corrected chi connectivity index (χ3v) is 3.64. The van der Waals surface area contributed by atoms with Crippen molar-refractivity contribution in [3.63, 3.8) is 0 Å². The summed E-state index contributed by atoms with van der Waals surface area (Å²) in [6, 6.07) is 11.1. The number of amides is 2. The summed E-state index contributed by atoms with van der Waals surface area (Å²) in [5, 5.41) is 15.5. The zero-order chi connectivity index (χ0) is 16.7. The van der Waals surface area contributed by atoms with E-state index in [-0.39, 0.29) is 12.6 Å². The Balaban J connectivity index is 1.67. The van der Waals surface area contributed by atoms with E-state index in [1.807, 2.05) is 54.2 Å². The second kappa shape index (κ2) is 8.24. The molecule has 124 valence electrons. The molecule has 0 radical (unpaired) electrons. The maximum absolute atomic E-state index is 11.7. The summed E-state index contributed by atoms with van der Waals surface area (Å²) in [6.45, 7) is 0.699. The number of carbonyl (C=O) groups excluding carboxylic acids is 1. The SMILES string of the molecule is COc1ccc(CCNC(=O)NC[C@H](O)c2cccn2C)cc1. The van der Waals surface area contributed by atoms with Gasteiger partial charge in [-0.15, -0.1) is 0 Å². The van der Waals surface area contributed by atoms with Crippen LogP contribution in [-0.4, -0.2) is 35.9 Å². The Kier molecular flexibility index (Phi) is 6.05. The molecular formula is C17H23N3O3. The van der Waals surface area contributed by atoms with Crippen LogP contribution in [0.3, 0.4) is 0 Å². The molecule has 0 bridgehead atoms.